The zero-order valence-electron chi connectivity index (χ0n) is 14.4. The number of methoxy groups -OCH3 is 1. The molecule has 0 heterocycles. The van der Waals surface area contributed by atoms with Crippen LogP contribution in [-0.2, 0) is 0 Å². The molecule has 2 aromatic rings. The van der Waals surface area contributed by atoms with Crippen molar-refractivity contribution in [2.45, 2.75) is 6.04 Å². The van der Waals surface area contributed by atoms with E-state index in [9.17, 15) is 14.9 Å². The topological polar surface area (TPSA) is 84.7 Å². The number of carbonyl (C=O) groups excluding carboxylic acids is 1. The first-order valence-corrected chi connectivity index (χ1v) is 7.74. The van der Waals surface area contributed by atoms with Crippen LogP contribution in [0.3, 0.4) is 0 Å². The van der Waals surface area contributed by atoms with Gasteiger partial charge in [-0.2, -0.15) is 0 Å². The highest BCUT2D eigenvalue weighted by atomic mass is 16.6. The highest BCUT2D eigenvalue weighted by Crippen LogP contribution is 2.27. The Morgan fingerprint density at radius 2 is 1.92 bits per heavy atom. The molecule has 132 valence electrons. The van der Waals surface area contributed by atoms with Gasteiger partial charge < -0.3 is 15.0 Å². The third-order valence-corrected chi connectivity index (χ3v) is 3.96. The van der Waals surface area contributed by atoms with Crippen LogP contribution in [-0.4, -0.2) is 43.9 Å². The van der Waals surface area contributed by atoms with E-state index in [4.69, 9.17) is 4.74 Å². The first kappa shape index (κ1) is 18.4. The molecule has 0 bridgehead atoms. The Morgan fingerprint density at radius 1 is 1.24 bits per heavy atom. The second-order valence-corrected chi connectivity index (χ2v) is 5.79. The lowest BCUT2D eigenvalue weighted by atomic mass is 10.1. The summed E-state index contributed by atoms with van der Waals surface area (Å²) in [5.74, 6) is 0.773. The number of rotatable bonds is 8. The van der Waals surface area contributed by atoms with Crippen LogP contribution < -0.4 is 10.1 Å². The van der Waals surface area contributed by atoms with Gasteiger partial charge in [0.05, 0.1) is 18.1 Å². The molecule has 0 saturated heterocycles. The molecule has 0 aliphatic heterocycles. The van der Waals surface area contributed by atoms with E-state index in [0.717, 1.165) is 11.3 Å². The van der Waals surface area contributed by atoms with E-state index in [1.807, 2.05) is 43.3 Å². The predicted octanol–water partition coefficient (Wildman–Crippen LogP) is 3.13. The normalized spacial score (nSPS) is 11.8. The molecule has 1 atom stereocenters. The average molecular weight is 343 g/mol. The highest BCUT2D eigenvalue weighted by Gasteiger charge is 2.18. The largest absolute Gasteiger partial charge is 0.497 e. The van der Waals surface area contributed by atoms with Crippen molar-refractivity contribution < 1.29 is 14.5 Å². The molecule has 7 nitrogen and oxygen atoms in total. The third kappa shape index (κ3) is 4.54. The van der Waals surface area contributed by atoms with Crippen molar-refractivity contribution in [1.29, 1.82) is 0 Å². The van der Waals surface area contributed by atoms with Crippen LogP contribution in [0.1, 0.15) is 22.0 Å². The van der Waals surface area contributed by atoms with Gasteiger partial charge in [0.15, 0.2) is 0 Å². The van der Waals surface area contributed by atoms with E-state index in [1.165, 1.54) is 6.07 Å². The average Bonchev–Trinajstić information content (AvgIpc) is 2.62. The fourth-order valence-electron chi connectivity index (χ4n) is 2.55. The number of benzene rings is 2. The Hall–Kier alpha value is -2.93. The monoisotopic (exact) mass is 343 g/mol. The fraction of sp³-hybridized carbons (Fsp3) is 0.278. The number of hydrogen-bond acceptors (Lipinski definition) is 6. The van der Waals surface area contributed by atoms with Gasteiger partial charge in [0.2, 0.25) is 0 Å². The van der Waals surface area contributed by atoms with E-state index in [1.54, 1.807) is 19.2 Å². The summed E-state index contributed by atoms with van der Waals surface area (Å²) in [7, 11) is 5.50. The van der Waals surface area contributed by atoms with Crippen molar-refractivity contribution >= 4 is 17.7 Å². The summed E-state index contributed by atoms with van der Waals surface area (Å²) >= 11 is 0. The van der Waals surface area contributed by atoms with E-state index in [2.05, 4.69) is 5.32 Å². The Morgan fingerprint density at radius 3 is 2.44 bits per heavy atom. The number of nitrogens with one attached hydrogen (secondary N) is 1. The molecule has 7 heteroatoms. The highest BCUT2D eigenvalue weighted by molar-refractivity contribution is 5.79. The van der Waals surface area contributed by atoms with Crippen molar-refractivity contribution in [3.63, 3.8) is 0 Å². The van der Waals surface area contributed by atoms with E-state index >= 15 is 0 Å². The van der Waals surface area contributed by atoms with Crippen LogP contribution in [0, 0.1) is 10.1 Å². The summed E-state index contributed by atoms with van der Waals surface area (Å²) < 4.78 is 5.17. The summed E-state index contributed by atoms with van der Waals surface area (Å²) in [6.45, 7) is 0.473. The maximum absolute atomic E-state index is 11.2. The van der Waals surface area contributed by atoms with Crippen LogP contribution in [0.15, 0.2) is 42.5 Å². The second kappa shape index (κ2) is 8.25. The number of likely N-dealkylation sites (N-methyl/N-ethyl adjacent to an activating group) is 1. The van der Waals surface area contributed by atoms with E-state index in [-0.39, 0.29) is 17.3 Å². The standard InChI is InChI=1S/C18H21N3O4/c1-20(2)18(14-5-7-15(25-3)8-6-14)11-19-16-9-4-13(12-22)10-17(16)21(23)24/h4-10,12,18-19H,11H2,1-3H3/t18-/m1/s1. The molecule has 0 radical (unpaired) electrons. The van der Waals surface area contributed by atoms with Gasteiger partial charge in [-0.1, -0.05) is 12.1 Å². The summed E-state index contributed by atoms with van der Waals surface area (Å²) in [6.07, 6.45) is 0.594. The number of nitrogens with zero attached hydrogens (tertiary/aromatic N) is 2. The number of nitro benzene ring substituents is 1. The molecule has 0 aromatic heterocycles. The molecule has 0 unspecified atom stereocenters. The van der Waals surface area contributed by atoms with Gasteiger partial charge in [0.1, 0.15) is 17.7 Å². The van der Waals surface area contributed by atoms with Gasteiger partial charge in [-0.15, -0.1) is 0 Å². The molecule has 0 saturated carbocycles. The minimum Gasteiger partial charge on any atom is -0.497 e. The Balaban J connectivity index is 2.21. The number of nitro groups is 1. The van der Waals surface area contributed by atoms with Crippen molar-refractivity contribution in [2.24, 2.45) is 0 Å². The summed E-state index contributed by atoms with van der Waals surface area (Å²) in [4.78, 5) is 23.6. The van der Waals surface area contributed by atoms with Crippen LogP contribution in [0.5, 0.6) is 5.75 Å². The third-order valence-electron chi connectivity index (χ3n) is 3.96. The minimum atomic E-state index is -0.493. The SMILES string of the molecule is COc1ccc([C@@H](CNc2ccc(C=O)cc2[N+](=O)[O-])N(C)C)cc1. The smallest absolute Gasteiger partial charge is 0.293 e. The number of carbonyl (C=O) groups is 1. The Kier molecular flexibility index (Phi) is 6.08. The second-order valence-electron chi connectivity index (χ2n) is 5.79. The summed E-state index contributed by atoms with van der Waals surface area (Å²) in [5.41, 5.74) is 1.61. The van der Waals surface area contributed by atoms with Crippen molar-refractivity contribution in [3.05, 3.63) is 63.7 Å². The van der Waals surface area contributed by atoms with E-state index < -0.39 is 4.92 Å². The van der Waals surface area contributed by atoms with Gasteiger partial charge in [-0.3, -0.25) is 14.9 Å². The van der Waals surface area contributed by atoms with Crippen molar-refractivity contribution in [3.8, 4) is 5.75 Å². The first-order chi connectivity index (χ1) is 12.0. The van der Waals surface area contributed by atoms with Gasteiger partial charge >= 0.3 is 0 Å². The van der Waals surface area contributed by atoms with Crippen LogP contribution in [0.2, 0.25) is 0 Å². The molecule has 1 N–H and O–H groups in total. The van der Waals surface area contributed by atoms with Crippen molar-refractivity contribution in [2.75, 3.05) is 33.1 Å². The van der Waals surface area contributed by atoms with Gasteiger partial charge in [0, 0.05) is 18.2 Å². The first-order valence-electron chi connectivity index (χ1n) is 7.74. The molecule has 0 amide bonds. The molecule has 2 rings (SSSR count). The molecule has 0 aliphatic rings. The van der Waals surface area contributed by atoms with Gasteiger partial charge in [0.25, 0.3) is 5.69 Å². The number of aldehydes is 1. The van der Waals surface area contributed by atoms with Crippen LogP contribution in [0.25, 0.3) is 0 Å². The fourth-order valence-corrected chi connectivity index (χ4v) is 2.55. The van der Waals surface area contributed by atoms with Gasteiger partial charge in [-0.25, -0.2) is 0 Å². The molecule has 0 fully saturated rings. The number of hydrogen-bond donors (Lipinski definition) is 1. The summed E-state index contributed by atoms with van der Waals surface area (Å²) in [5, 5.41) is 14.4. The molecule has 0 aliphatic carbocycles. The molecular weight excluding hydrogens is 322 g/mol. The van der Waals surface area contributed by atoms with Crippen molar-refractivity contribution in [1.82, 2.24) is 4.90 Å². The molecule has 25 heavy (non-hydrogen) atoms. The quantitative estimate of drug-likeness (QED) is 0.450. The zero-order chi connectivity index (χ0) is 18.4. The molecular formula is C18H21N3O4. The molecule has 0 spiro atoms. The predicted molar refractivity (Wildman–Crippen MR) is 96.4 cm³/mol. The van der Waals surface area contributed by atoms with E-state index in [0.29, 0.717) is 18.5 Å². The summed E-state index contributed by atoms with van der Waals surface area (Å²) in [6, 6.07) is 12.1. The lowest BCUT2D eigenvalue weighted by molar-refractivity contribution is -0.384. The maximum Gasteiger partial charge on any atom is 0.293 e. The maximum atomic E-state index is 11.2. The van der Waals surface area contributed by atoms with Crippen LogP contribution in [0.4, 0.5) is 11.4 Å². The van der Waals surface area contributed by atoms with Crippen LogP contribution >= 0.6 is 0 Å². The Labute approximate surface area is 146 Å². The zero-order valence-corrected chi connectivity index (χ0v) is 14.4. The lowest BCUT2D eigenvalue weighted by Crippen LogP contribution is -2.27. The number of anilines is 1. The van der Waals surface area contributed by atoms with Gasteiger partial charge in [-0.05, 0) is 43.9 Å². The Bertz CT molecular complexity index is 744. The number of ether oxygens (including phenoxy) is 1. The molecule has 2 aromatic carbocycles. The lowest BCUT2D eigenvalue weighted by Gasteiger charge is -2.25. The minimum absolute atomic E-state index is 0.0104.